The molecule has 1 unspecified atom stereocenters. The van der Waals surface area contributed by atoms with E-state index in [1.165, 1.54) is 0 Å². The van der Waals surface area contributed by atoms with Crippen LogP contribution in [0.2, 0.25) is 0 Å². The molecule has 1 aliphatic heterocycles. The zero-order chi connectivity index (χ0) is 14.9. The number of fused-ring (bicyclic) bond motifs is 1. The summed E-state index contributed by atoms with van der Waals surface area (Å²) >= 11 is 0. The molecule has 3 heterocycles. The van der Waals surface area contributed by atoms with Crippen LogP contribution in [0.25, 0.3) is 22.4 Å². The van der Waals surface area contributed by atoms with Gasteiger partial charge in [0.25, 0.3) is 5.89 Å². The van der Waals surface area contributed by atoms with E-state index in [1.807, 2.05) is 24.3 Å². The minimum atomic E-state index is -1.21. The lowest BCUT2D eigenvalue weighted by atomic mass is 9.93. The first kappa shape index (κ1) is 13.4. The smallest absolute Gasteiger partial charge is 0.261 e. The zero-order valence-corrected chi connectivity index (χ0v) is 11.9. The number of alkyl halides is 1. The maximum atomic E-state index is 14.5. The van der Waals surface area contributed by atoms with Crippen molar-refractivity contribution in [3.05, 3.63) is 30.2 Å². The van der Waals surface area contributed by atoms with Crippen molar-refractivity contribution in [2.24, 2.45) is 5.92 Å². The molecule has 7 heteroatoms. The Balaban J connectivity index is 1.63. The molecule has 1 atom stereocenters. The molecule has 114 valence electrons. The molecule has 0 spiro atoms. The van der Waals surface area contributed by atoms with Crippen LogP contribution < -0.4 is 5.32 Å². The predicted octanol–water partition coefficient (Wildman–Crippen LogP) is 2.62. The van der Waals surface area contributed by atoms with Gasteiger partial charge < -0.3 is 9.84 Å². The first-order valence-electron chi connectivity index (χ1n) is 7.45. The molecule has 1 fully saturated rings. The maximum absolute atomic E-state index is 14.5. The van der Waals surface area contributed by atoms with Gasteiger partial charge >= 0.3 is 0 Å². The average Bonchev–Trinajstić information content (AvgIpc) is 3.21. The molecule has 0 amide bonds. The molecule has 6 nitrogen and oxygen atoms in total. The highest BCUT2D eigenvalue weighted by molar-refractivity contribution is 5.90. The first-order valence-corrected chi connectivity index (χ1v) is 7.45. The summed E-state index contributed by atoms with van der Waals surface area (Å²) in [4.78, 5) is 4.22. The summed E-state index contributed by atoms with van der Waals surface area (Å²) in [6.07, 6.45) is 0.350. The molecule has 0 bridgehead atoms. The van der Waals surface area contributed by atoms with Crippen molar-refractivity contribution in [2.75, 3.05) is 13.1 Å². The molecule has 3 aromatic rings. The van der Waals surface area contributed by atoms with Gasteiger partial charge in [-0.25, -0.2) is 4.39 Å². The second-order valence-electron chi connectivity index (χ2n) is 5.56. The predicted molar refractivity (Wildman–Crippen MR) is 78.8 cm³/mol. The highest BCUT2D eigenvalue weighted by Crippen LogP contribution is 2.32. The summed E-state index contributed by atoms with van der Waals surface area (Å²) in [5.41, 5.74) is 1.47. The summed E-state index contributed by atoms with van der Waals surface area (Å²) in [7, 11) is 0. The molecule has 1 saturated heterocycles. The van der Waals surface area contributed by atoms with Gasteiger partial charge in [0.2, 0.25) is 5.82 Å². The van der Waals surface area contributed by atoms with Crippen molar-refractivity contribution in [1.82, 2.24) is 25.7 Å². The van der Waals surface area contributed by atoms with Crippen LogP contribution in [0, 0.1) is 5.92 Å². The average molecular weight is 301 g/mol. The number of rotatable bonds is 3. The number of para-hydroxylation sites is 1. The van der Waals surface area contributed by atoms with Crippen LogP contribution in [0.4, 0.5) is 4.39 Å². The Morgan fingerprint density at radius 3 is 2.91 bits per heavy atom. The van der Waals surface area contributed by atoms with E-state index in [9.17, 15) is 4.39 Å². The van der Waals surface area contributed by atoms with E-state index in [-0.39, 0.29) is 11.8 Å². The van der Waals surface area contributed by atoms with Gasteiger partial charge in [0.1, 0.15) is 5.69 Å². The van der Waals surface area contributed by atoms with Gasteiger partial charge in [0, 0.05) is 11.3 Å². The number of hydrogen-bond acceptors (Lipinski definition) is 5. The van der Waals surface area contributed by atoms with Crippen LogP contribution in [0.1, 0.15) is 24.9 Å². The Morgan fingerprint density at radius 2 is 2.05 bits per heavy atom. The molecule has 0 aliphatic carbocycles. The topological polar surface area (TPSA) is 79.6 Å². The third-order valence-corrected chi connectivity index (χ3v) is 4.16. The quantitative estimate of drug-likeness (QED) is 0.777. The van der Waals surface area contributed by atoms with Gasteiger partial charge in [0.05, 0.1) is 5.52 Å². The number of piperidine rings is 1. The minimum absolute atomic E-state index is 0.0500. The lowest BCUT2D eigenvalue weighted by molar-refractivity contribution is 0.147. The summed E-state index contributed by atoms with van der Waals surface area (Å²) < 4.78 is 19.7. The Hall–Kier alpha value is -2.28. The number of halogens is 1. The van der Waals surface area contributed by atoms with Crippen LogP contribution in [0.5, 0.6) is 0 Å². The fourth-order valence-electron chi connectivity index (χ4n) is 2.92. The van der Waals surface area contributed by atoms with Crippen molar-refractivity contribution >= 4 is 10.9 Å². The molecule has 1 aromatic carbocycles. The maximum Gasteiger partial charge on any atom is 0.261 e. The van der Waals surface area contributed by atoms with Crippen molar-refractivity contribution in [3.8, 4) is 11.5 Å². The Kier molecular flexibility index (Phi) is 3.34. The van der Waals surface area contributed by atoms with E-state index < -0.39 is 6.17 Å². The molecular formula is C15H16FN5O. The van der Waals surface area contributed by atoms with Crippen LogP contribution >= 0.6 is 0 Å². The molecule has 4 rings (SSSR count). The number of nitrogens with zero attached hydrogens (tertiary/aromatic N) is 3. The third kappa shape index (κ3) is 2.27. The molecule has 2 N–H and O–H groups in total. The molecule has 22 heavy (non-hydrogen) atoms. The standard InChI is InChI=1S/C15H16FN5O/c16-12(9-5-7-17-8-6-9)15-18-14(21-22-15)13-10-3-1-2-4-11(10)19-20-13/h1-4,9,12,17H,5-8H2,(H,19,20). The molecular weight excluding hydrogens is 285 g/mol. The highest BCUT2D eigenvalue weighted by atomic mass is 19.1. The van der Waals surface area contributed by atoms with Gasteiger partial charge in [-0.15, -0.1) is 0 Å². The number of benzene rings is 1. The van der Waals surface area contributed by atoms with Crippen LogP contribution in [-0.2, 0) is 0 Å². The number of nitrogens with one attached hydrogen (secondary N) is 2. The van der Waals surface area contributed by atoms with Gasteiger partial charge in [0.15, 0.2) is 6.17 Å². The summed E-state index contributed by atoms with van der Waals surface area (Å²) in [5, 5.41) is 15.1. The lowest BCUT2D eigenvalue weighted by Gasteiger charge is -2.23. The fourth-order valence-corrected chi connectivity index (χ4v) is 2.92. The molecule has 1 aliphatic rings. The highest BCUT2D eigenvalue weighted by Gasteiger charge is 2.30. The first-order chi connectivity index (χ1) is 10.8. The van der Waals surface area contributed by atoms with Crippen molar-refractivity contribution in [3.63, 3.8) is 0 Å². The number of hydrogen-bond donors (Lipinski definition) is 2. The van der Waals surface area contributed by atoms with E-state index in [4.69, 9.17) is 4.52 Å². The van der Waals surface area contributed by atoms with Crippen molar-refractivity contribution < 1.29 is 8.91 Å². The minimum Gasteiger partial charge on any atom is -0.336 e. The molecule has 0 radical (unpaired) electrons. The monoisotopic (exact) mass is 301 g/mol. The second-order valence-corrected chi connectivity index (χ2v) is 5.56. The van der Waals surface area contributed by atoms with E-state index in [0.717, 1.165) is 36.8 Å². The molecule has 0 saturated carbocycles. The number of aromatic amines is 1. The van der Waals surface area contributed by atoms with Gasteiger partial charge in [-0.3, -0.25) is 5.10 Å². The third-order valence-electron chi connectivity index (χ3n) is 4.16. The summed E-state index contributed by atoms with van der Waals surface area (Å²) in [6, 6.07) is 7.67. The normalized spacial score (nSPS) is 17.9. The second kappa shape index (κ2) is 5.49. The number of aromatic nitrogens is 4. The van der Waals surface area contributed by atoms with E-state index in [0.29, 0.717) is 11.5 Å². The Labute approximate surface area is 126 Å². The summed E-state index contributed by atoms with van der Waals surface area (Å²) in [5.74, 6) is 0.309. The van der Waals surface area contributed by atoms with E-state index in [2.05, 4.69) is 25.7 Å². The Morgan fingerprint density at radius 1 is 1.23 bits per heavy atom. The van der Waals surface area contributed by atoms with Crippen molar-refractivity contribution in [2.45, 2.75) is 19.0 Å². The van der Waals surface area contributed by atoms with Crippen LogP contribution in [0.15, 0.2) is 28.8 Å². The van der Waals surface area contributed by atoms with Crippen LogP contribution in [0.3, 0.4) is 0 Å². The van der Waals surface area contributed by atoms with Gasteiger partial charge in [-0.2, -0.15) is 10.1 Å². The Bertz CT molecular complexity index is 777. The van der Waals surface area contributed by atoms with Crippen LogP contribution in [-0.4, -0.2) is 33.4 Å². The van der Waals surface area contributed by atoms with Gasteiger partial charge in [-0.05, 0) is 32.0 Å². The van der Waals surface area contributed by atoms with Gasteiger partial charge in [-0.1, -0.05) is 23.4 Å². The lowest BCUT2D eigenvalue weighted by Crippen LogP contribution is -2.29. The van der Waals surface area contributed by atoms with Crippen molar-refractivity contribution in [1.29, 1.82) is 0 Å². The fraction of sp³-hybridized carbons (Fsp3) is 0.400. The molecule has 2 aromatic heterocycles. The number of H-pyrrole nitrogens is 1. The summed E-state index contributed by atoms with van der Waals surface area (Å²) in [6.45, 7) is 1.66. The van der Waals surface area contributed by atoms with E-state index >= 15 is 0 Å². The SMILES string of the molecule is FC(c1nc(-c2n[nH]c3ccccc23)no1)C1CCNCC1. The largest absolute Gasteiger partial charge is 0.336 e. The van der Waals surface area contributed by atoms with E-state index in [1.54, 1.807) is 0 Å². The zero-order valence-electron chi connectivity index (χ0n) is 11.9.